The maximum atomic E-state index is 13.0. The van der Waals surface area contributed by atoms with Crippen LogP contribution < -0.4 is 0 Å². The quantitative estimate of drug-likeness (QED) is 0.800. The number of fused-ring (bicyclic) bond motifs is 1. The lowest BCUT2D eigenvalue weighted by atomic mass is 10.00. The third kappa shape index (κ3) is 1.12. The molecule has 5 heteroatoms. The summed E-state index contributed by atoms with van der Waals surface area (Å²) >= 11 is 0. The molecule has 0 radical (unpaired) electrons. The van der Waals surface area contributed by atoms with Crippen LogP contribution in [0.2, 0.25) is 0 Å². The Morgan fingerprint density at radius 3 is 2.19 bits per heavy atom. The van der Waals surface area contributed by atoms with Gasteiger partial charge in [-0.2, -0.15) is 0 Å². The predicted molar refractivity (Wildman–Crippen MR) is 53.6 cm³/mol. The molecule has 1 aromatic rings. The Hall–Kier alpha value is -0.970. The predicted octanol–water partition coefficient (Wildman–Crippen LogP) is 2.29. The lowest BCUT2D eigenvalue weighted by Crippen LogP contribution is -2.32. The van der Waals surface area contributed by atoms with Gasteiger partial charge in [0.15, 0.2) is 9.84 Å². The average Bonchev–Trinajstić information content (AvgIpc) is 2.67. The van der Waals surface area contributed by atoms with Crippen molar-refractivity contribution in [3.8, 4) is 0 Å². The number of benzene rings is 1. The van der Waals surface area contributed by atoms with E-state index in [1.165, 1.54) is 0 Å². The van der Waals surface area contributed by atoms with E-state index in [1.54, 1.807) is 0 Å². The molecule has 3 rings (SSSR count). The lowest BCUT2D eigenvalue weighted by molar-refractivity contribution is 0.462. The molecule has 0 amide bonds. The van der Waals surface area contributed by atoms with E-state index >= 15 is 0 Å². The van der Waals surface area contributed by atoms with Gasteiger partial charge in [-0.1, -0.05) is 0 Å². The molecule has 1 aromatic carbocycles. The van der Waals surface area contributed by atoms with Crippen LogP contribution in [-0.2, 0) is 9.84 Å². The van der Waals surface area contributed by atoms with Crippen molar-refractivity contribution in [2.24, 2.45) is 5.92 Å². The lowest BCUT2D eigenvalue weighted by Gasteiger charge is -2.25. The zero-order chi connectivity index (χ0) is 11.6. The molecule has 2 nitrogen and oxygen atoms in total. The highest BCUT2D eigenvalue weighted by Gasteiger charge is 2.69. The van der Waals surface area contributed by atoms with E-state index in [0.29, 0.717) is 18.9 Å². The van der Waals surface area contributed by atoms with E-state index in [2.05, 4.69) is 0 Å². The molecule has 86 valence electrons. The van der Waals surface area contributed by atoms with Crippen LogP contribution in [0.25, 0.3) is 0 Å². The first-order valence-corrected chi connectivity index (χ1v) is 6.65. The molecule has 2 aliphatic carbocycles. The van der Waals surface area contributed by atoms with Crippen LogP contribution in [0.15, 0.2) is 23.1 Å². The normalized spacial score (nSPS) is 31.8. The Bertz CT molecular complexity index is 543. The van der Waals surface area contributed by atoms with Crippen LogP contribution in [-0.4, -0.2) is 13.2 Å². The second kappa shape index (κ2) is 2.83. The highest BCUT2D eigenvalue weighted by molar-refractivity contribution is 7.93. The molecule has 2 fully saturated rings. The fourth-order valence-electron chi connectivity index (χ4n) is 2.61. The molecule has 2 atom stereocenters. The Kier molecular flexibility index (Phi) is 1.80. The zero-order valence-corrected chi connectivity index (χ0v) is 9.23. The van der Waals surface area contributed by atoms with Gasteiger partial charge >= 0.3 is 0 Å². The summed E-state index contributed by atoms with van der Waals surface area (Å²) in [6.45, 7) is 0. The van der Waals surface area contributed by atoms with Crippen molar-refractivity contribution in [1.29, 1.82) is 0 Å². The summed E-state index contributed by atoms with van der Waals surface area (Å²) in [4.78, 5) is -0.216. The molecule has 2 unspecified atom stereocenters. The third-order valence-corrected chi connectivity index (χ3v) is 6.40. The summed E-state index contributed by atoms with van der Waals surface area (Å²) in [7, 11) is -3.55. The van der Waals surface area contributed by atoms with Gasteiger partial charge in [0.2, 0.25) is 0 Å². The van der Waals surface area contributed by atoms with Crippen LogP contribution in [0.3, 0.4) is 0 Å². The molecule has 0 bridgehead atoms. The van der Waals surface area contributed by atoms with Crippen molar-refractivity contribution in [2.45, 2.75) is 28.9 Å². The van der Waals surface area contributed by atoms with Crippen molar-refractivity contribution in [3.05, 3.63) is 29.8 Å². The maximum Gasteiger partial charge on any atom is 0.184 e. The van der Waals surface area contributed by atoms with Crippen LogP contribution in [0.4, 0.5) is 8.78 Å². The van der Waals surface area contributed by atoms with Gasteiger partial charge in [0.1, 0.15) is 11.6 Å². The first kappa shape index (κ1) is 10.2. The van der Waals surface area contributed by atoms with Gasteiger partial charge in [-0.25, -0.2) is 17.2 Å². The van der Waals surface area contributed by atoms with Crippen LogP contribution in [0.5, 0.6) is 0 Å². The molecule has 0 saturated heterocycles. The second-order valence-electron chi connectivity index (χ2n) is 4.61. The largest absolute Gasteiger partial charge is 0.223 e. The molecule has 2 aliphatic rings. The summed E-state index contributed by atoms with van der Waals surface area (Å²) in [5, 5.41) is 0. The van der Waals surface area contributed by atoms with Crippen molar-refractivity contribution in [1.82, 2.24) is 0 Å². The van der Waals surface area contributed by atoms with Crippen molar-refractivity contribution in [3.63, 3.8) is 0 Å². The van der Waals surface area contributed by atoms with Gasteiger partial charge < -0.3 is 0 Å². The third-order valence-electron chi connectivity index (χ3n) is 3.77. The number of hydrogen-bond acceptors (Lipinski definition) is 2. The fraction of sp³-hybridized carbons (Fsp3) is 0.455. The standard InChI is InChI=1S/C11H10F2O2S/c12-8-3-9(13)5-10(4-8)16(14,15)11-2-1-7(11)6-11/h3-5,7H,1-2,6H2. The minimum atomic E-state index is -3.55. The molecular weight excluding hydrogens is 234 g/mol. The minimum Gasteiger partial charge on any atom is -0.223 e. The summed E-state index contributed by atoms with van der Waals surface area (Å²) in [6.07, 6.45) is 2.18. The van der Waals surface area contributed by atoms with E-state index in [4.69, 9.17) is 0 Å². The molecular formula is C11H10F2O2S. The number of halogens is 2. The highest BCUT2D eigenvalue weighted by atomic mass is 32.2. The van der Waals surface area contributed by atoms with Crippen LogP contribution >= 0.6 is 0 Å². The number of rotatable bonds is 2. The zero-order valence-electron chi connectivity index (χ0n) is 8.41. The molecule has 0 aromatic heterocycles. The molecule has 16 heavy (non-hydrogen) atoms. The molecule has 0 heterocycles. The van der Waals surface area contributed by atoms with Crippen molar-refractivity contribution in [2.75, 3.05) is 0 Å². The van der Waals surface area contributed by atoms with Crippen LogP contribution in [0, 0.1) is 17.6 Å². The van der Waals surface area contributed by atoms with E-state index in [-0.39, 0.29) is 10.8 Å². The molecule has 2 saturated carbocycles. The molecule has 0 spiro atoms. The van der Waals surface area contributed by atoms with E-state index < -0.39 is 26.2 Å². The van der Waals surface area contributed by atoms with Gasteiger partial charge in [-0.3, -0.25) is 0 Å². The highest BCUT2D eigenvalue weighted by Crippen LogP contribution is 2.66. The van der Waals surface area contributed by atoms with Crippen molar-refractivity contribution >= 4 is 9.84 Å². The number of sulfone groups is 1. The van der Waals surface area contributed by atoms with E-state index in [9.17, 15) is 17.2 Å². The monoisotopic (exact) mass is 244 g/mol. The van der Waals surface area contributed by atoms with Crippen molar-refractivity contribution < 1.29 is 17.2 Å². The summed E-state index contributed by atoms with van der Waals surface area (Å²) in [5.41, 5.74) is 0. The second-order valence-corrected chi connectivity index (χ2v) is 6.90. The summed E-state index contributed by atoms with van der Waals surface area (Å²) < 4.78 is 49.6. The number of hydrogen-bond donors (Lipinski definition) is 0. The first-order chi connectivity index (χ1) is 7.46. The Balaban J connectivity index is 2.10. The van der Waals surface area contributed by atoms with Gasteiger partial charge in [0.05, 0.1) is 9.64 Å². The van der Waals surface area contributed by atoms with Crippen LogP contribution in [0.1, 0.15) is 19.3 Å². The van der Waals surface area contributed by atoms with Gasteiger partial charge in [-0.15, -0.1) is 0 Å². The van der Waals surface area contributed by atoms with E-state index in [0.717, 1.165) is 18.6 Å². The van der Waals surface area contributed by atoms with Gasteiger partial charge in [-0.05, 0) is 37.3 Å². The SMILES string of the molecule is O=S(=O)(c1cc(F)cc(F)c1)C12CCC1C2. The minimum absolute atomic E-state index is 0.212. The average molecular weight is 244 g/mol. The Labute approximate surface area is 92.2 Å². The fourth-order valence-corrected chi connectivity index (χ4v) is 4.98. The molecule has 0 aliphatic heterocycles. The maximum absolute atomic E-state index is 13.0. The smallest absolute Gasteiger partial charge is 0.184 e. The topological polar surface area (TPSA) is 34.1 Å². The van der Waals surface area contributed by atoms with Gasteiger partial charge in [0, 0.05) is 6.07 Å². The Morgan fingerprint density at radius 1 is 1.19 bits per heavy atom. The Morgan fingerprint density at radius 2 is 1.81 bits per heavy atom. The first-order valence-electron chi connectivity index (χ1n) is 5.16. The van der Waals surface area contributed by atoms with Gasteiger partial charge in [0.25, 0.3) is 0 Å². The summed E-state index contributed by atoms with van der Waals surface area (Å²) in [5.74, 6) is -1.47. The molecule has 0 N–H and O–H groups in total. The summed E-state index contributed by atoms with van der Waals surface area (Å²) in [6, 6.07) is 2.49. The van der Waals surface area contributed by atoms with E-state index in [1.807, 2.05) is 0 Å².